The number of rotatable bonds is 5. The highest BCUT2D eigenvalue weighted by Crippen LogP contribution is 2.81. The van der Waals surface area contributed by atoms with Gasteiger partial charge in [-0.1, -0.05) is 13.0 Å². The van der Waals surface area contributed by atoms with Gasteiger partial charge in [-0.3, -0.25) is 9.59 Å². The number of esters is 4. The molecule has 3 aliphatic carbocycles. The summed E-state index contributed by atoms with van der Waals surface area (Å²) in [5.41, 5.74) is -10.6. The van der Waals surface area contributed by atoms with Crippen molar-refractivity contribution in [3.05, 3.63) is 24.0 Å². The fraction of sp³-hybridized carbons (Fsp3) is 0.771. The van der Waals surface area contributed by atoms with Crippen LogP contribution in [-0.4, -0.2) is 126 Å². The molecule has 51 heavy (non-hydrogen) atoms. The summed E-state index contributed by atoms with van der Waals surface area (Å²) in [6.45, 7) is 6.79. The Morgan fingerprint density at radius 3 is 2.29 bits per heavy atom. The van der Waals surface area contributed by atoms with Crippen LogP contribution in [0.5, 0.6) is 0 Å². The Balaban J connectivity index is 1.42. The minimum absolute atomic E-state index is 0.0989. The normalized spacial score (nSPS) is 53.9. The van der Waals surface area contributed by atoms with Crippen LogP contribution in [0.3, 0.4) is 0 Å². The molecular weight excluding hydrogens is 676 g/mol. The monoisotopic (exact) mass is 720 g/mol. The Morgan fingerprint density at radius 1 is 0.941 bits per heavy atom. The van der Waals surface area contributed by atoms with Crippen molar-refractivity contribution < 1.29 is 77.1 Å². The molecule has 280 valence electrons. The predicted octanol–water partition coefficient (Wildman–Crippen LogP) is -0.203. The number of ether oxygens (including phenoxy) is 9. The van der Waals surface area contributed by atoms with Gasteiger partial charge < -0.3 is 58.0 Å². The lowest BCUT2D eigenvalue weighted by atomic mass is 9.37. The highest BCUT2D eigenvalue weighted by atomic mass is 16.7. The molecule has 5 heterocycles. The molecule has 0 aromatic carbocycles. The molecule has 1 spiro atoms. The maximum Gasteiger partial charge on any atom is 0.366 e. The van der Waals surface area contributed by atoms with Crippen LogP contribution in [0.15, 0.2) is 24.0 Å². The van der Waals surface area contributed by atoms with Crippen molar-refractivity contribution in [2.45, 2.75) is 107 Å². The molecule has 16 atom stereocenters. The van der Waals surface area contributed by atoms with Gasteiger partial charge in [0, 0.05) is 47.5 Å². The number of hydrogen-bond donors (Lipinski definition) is 3. The predicted molar refractivity (Wildman–Crippen MR) is 164 cm³/mol. The highest BCUT2D eigenvalue weighted by Gasteiger charge is 2.94. The van der Waals surface area contributed by atoms with E-state index in [-0.39, 0.29) is 25.0 Å². The fourth-order valence-corrected chi connectivity index (χ4v) is 12.2. The van der Waals surface area contributed by atoms with Crippen LogP contribution in [0.4, 0.5) is 0 Å². The number of allylic oxidation sites excluding steroid dienone is 1. The number of methoxy groups -OCH3 is 2. The Bertz CT molecular complexity index is 1660. The third-order valence-corrected chi connectivity index (χ3v) is 14.2. The van der Waals surface area contributed by atoms with Gasteiger partial charge in [0.25, 0.3) is 5.79 Å². The Labute approximate surface area is 293 Å². The van der Waals surface area contributed by atoms with Gasteiger partial charge in [-0.25, -0.2) is 9.59 Å². The van der Waals surface area contributed by atoms with Gasteiger partial charge >= 0.3 is 23.9 Å². The molecule has 2 bridgehead atoms. The van der Waals surface area contributed by atoms with Gasteiger partial charge in [0.1, 0.15) is 28.8 Å². The number of hydrogen-bond acceptors (Lipinski definition) is 16. The topological polar surface area (TPSA) is 212 Å². The first kappa shape index (κ1) is 34.9. The summed E-state index contributed by atoms with van der Waals surface area (Å²) < 4.78 is 54.4. The number of carbonyl (C=O) groups excluding carboxylic acids is 4. The second-order valence-electron chi connectivity index (χ2n) is 15.8. The third-order valence-electron chi connectivity index (χ3n) is 14.2. The van der Waals surface area contributed by atoms with Crippen LogP contribution in [0, 0.1) is 34.0 Å². The molecule has 16 heteroatoms. The van der Waals surface area contributed by atoms with Crippen LogP contribution in [0.25, 0.3) is 0 Å². The van der Waals surface area contributed by atoms with Crippen molar-refractivity contribution in [2.24, 2.45) is 34.0 Å². The van der Waals surface area contributed by atoms with E-state index < -0.39 is 124 Å². The van der Waals surface area contributed by atoms with Crippen molar-refractivity contribution in [3.63, 3.8) is 0 Å². The van der Waals surface area contributed by atoms with Crippen LogP contribution in [0.2, 0.25) is 0 Å². The maximum absolute atomic E-state index is 14.3. The molecule has 5 aliphatic heterocycles. The lowest BCUT2D eigenvalue weighted by Crippen LogP contribution is -2.79. The summed E-state index contributed by atoms with van der Waals surface area (Å²) in [6, 6.07) is 0. The zero-order chi connectivity index (χ0) is 36.9. The second kappa shape index (κ2) is 10.5. The van der Waals surface area contributed by atoms with Gasteiger partial charge in [0.15, 0.2) is 5.60 Å². The van der Waals surface area contributed by atoms with E-state index >= 15 is 0 Å². The average molecular weight is 721 g/mol. The molecule has 7 fully saturated rings. The SMILES string of the molecule is CC=C(C)C(=O)OC1CC(OC(C)=O)C2(C(=O)OC)COC3C2C12COC(O)(C(=O)OC)C2C1(C)C3OC2(C)C3CC(OC4OC=CC43O)C21O. The van der Waals surface area contributed by atoms with Gasteiger partial charge in [-0.2, -0.15) is 0 Å². The van der Waals surface area contributed by atoms with Crippen LogP contribution < -0.4 is 0 Å². The Hall–Kier alpha value is -3.12. The lowest BCUT2D eigenvalue weighted by molar-refractivity contribution is -0.315. The Morgan fingerprint density at radius 2 is 1.65 bits per heavy atom. The van der Waals surface area contributed by atoms with E-state index in [0.29, 0.717) is 0 Å². The molecular formula is C35H44O16. The van der Waals surface area contributed by atoms with Gasteiger partial charge in [0.2, 0.25) is 6.29 Å². The fourth-order valence-electron chi connectivity index (χ4n) is 12.2. The van der Waals surface area contributed by atoms with E-state index in [1.807, 2.05) is 0 Å². The van der Waals surface area contributed by atoms with E-state index in [1.165, 1.54) is 26.4 Å². The quantitative estimate of drug-likeness (QED) is 0.191. The zero-order valence-corrected chi connectivity index (χ0v) is 29.4. The summed E-state index contributed by atoms with van der Waals surface area (Å²) in [4.78, 5) is 54.5. The number of fused-ring (bicyclic) bond motifs is 11. The first-order valence-corrected chi connectivity index (χ1v) is 17.2. The first-order chi connectivity index (χ1) is 23.9. The molecule has 0 radical (unpaired) electrons. The molecule has 8 rings (SSSR count). The lowest BCUT2D eigenvalue weighted by Gasteiger charge is -2.65. The van der Waals surface area contributed by atoms with Crippen molar-refractivity contribution in [1.29, 1.82) is 0 Å². The van der Waals surface area contributed by atoms with Gasteiger partial charge in [-0.05, 0) is 33.3 Å². The summed E-state index contributed by atoms with van der Waals surface area (Å²) in [5.74, 6) is -9.88. The van der Waals surface area contributed by atoms with Gasteiger partial charge in [-0.15, -0.1) is 0 Å². The highest BCUT2D eigenvalue weighted by molar-refractivity contribution is 5.88. The molecule has 3 saturated carbocycles. The van der Waals surface area contributed by atoms with Crippen molar-refractivity contribution in [2.75, 3.05) is 27.4 Å². The summed E-state index contributed by atoms with van der Waals surface area (Å²) in [7, 11) is 2.24. The van der Waals surface area contributed by atoms with E-state index in [9.17, 15) is 34.5 Å². The van der Waals surface area contributed by atoms with Crippen LogP contribution in [-0.2, 0) is 61.8 Å². The average Bonchev–Trinajstić information content (AvgIpc) is 3.85. The molecule has 0 aromatic rings. The number of carbonyl (C=O) groups is 4. The second-order valence-corrected chi connectivity index (χ2v) is 15.8. The largest absolute Gasteiger partial charge is 0.469 e. The van der Waals surface area contributed by atoms with Crippen LogP contribution >= 0.6 is 0 Å². The molecule has 4 saturated heterocycles. The molecule has 0 aromatic heterocycles. The minimum atomic E-state index is -2.82. The molecule has 16 unspecified atom stereocenters. The standard InChI is InChI=1S/C35H44O16/c1-8-15(2)24(37)49-18-12-19(48-16(3)36)32(26(38)43-6)13-46-21-22(32)31(18)14-47-34(41,27(39)44-7)25(31)29(4)23(21)51-30(5)17-11-20(35(29,30)42)50-28-33(17,40)9-10-45-28/h8-10,17-23,25,28,40-42H,11-14H2,1-7H3. The summed E-state index contributed by atoms with van der Waals surface area (Å²) in [6.07, 6.45) is -3.09. The van der Waals surface area contributed by atoms with E-state index in [4.69, 9.17) is 42.6 Å². The van der Waals surface area contributed by atoms with Crippen molar-refractivity contribution in [3.8, 4) is 0 Å². The molecule has 3 N–H and O–H groups in total. The van der Waals surface area contributed by atoms with E-state index in [2.05, 4.69) is 0 Å². The number of aliphatic hydroxyl groups is 3. The summed E-state index contributed by atoms with van der Waals surface area (Å²) >= 11 is 0. The molecule has 0 amide bonds. The van der Waals surface area contributed by atoms with Gasteiger partial charge in [0.05, 0.1) is 52.0 Å². The Kier molecular flexibility index (Phi) is 7.20. The first-order valence-electron chi connectivity index (χ1n) is 17.2. The maximum atomic E-state index is 14.3. The smallest absolute Gasteiger partial charge is 0.366 e. The molecule has 16 nitrogen and oxygen atoms in total. The zero-order valence-electron chi connectivity index (χ0n) is 29.4. The van der Waals surface area contributed by atoms with E-state index in [1.54, 1.807) is 33.8 Å². The third kappa shape index (κ3) is 3.60. The van der Waals surface area contributed by atoms with Crippen molar-refractivity contribution >= 4 is 23.9 Å². The molecule has 8 aliphatic rings. The van der Waals surface area contributed by atoms with Crippen LogP contribution in [0.1, 0.15) is 47.5 Å². The summed E-state index contributed by atoms with van der Waals surface area (Å²) in [5, 5.41) is 38.2. The van der Waals surface area contributed by atoms with Crippen molar-refractivity contribution in [1.82, 2.24) is 0 Å². The van der Waals surface area contributed by atoms with E-state index in [0.717, 1.165) is 7.11 Å². The minimum Gasteiger partial charge on any atom is -0.469 e.